The summed E-state index contributed by atoms with van der Waals surface area (Å²) in [5, 5.41) is 6.31. The predicted molar refractivity (Wildman–Crippen MR) is 167 cm³/mol. The van der Waals surface area contributed by atoms with E-state index in [1.54, 1.807) is 12.0 Å². The Kier molecular flexibility index (Phi) is 4.78. The maximum atomic E-state index is 3.77. The van der Waals surface area contributed by atoms with Gasteiger partial charge in [-0.3, -0.25) is 0 Å². The molecule has 0 aromatic heterocycles. The number of fused-ring (bicyclic) bond motifs is 3. The molecule has 1 N–H and O–H groups in total. The molecule has 0 amide bonds. The van der Waals surface area contributed by atoms with E-state index in [1.165, 1.54) is 76.5 Å². The summed E-state index contributed by atoms with van der Waals surface area (Å²) >= 11 is 0. The lowest BCUT2D eigenvalue weighted by atomic mass is 9.55. The Bertz CT molecular complexity index is 1730. The van der Waals surface area contributed by atoms with Crippen LogP contribution in [0, 0.1) is 23.2 Å². The van der Waals surface area contributed by atoms with E-state index in [2.05, 4.69) is 121 Å². The summed E-state index contributed by atoms with van der Waals surface area (Å²) in [5.74, 6) is 3.07. The van der Waals surface area contributed by atoms with Crippen molar-refractivity contribution in [1.29, 1.82) is 0 Å². The van der Waals surface area contributed by atoms with Gasteiger partial charge in [-0.05, 0) is 119 Å². The van der Waals surface area contributed by atoms with Gasteiger partial charge in [0, 0.05) is 16.8 Å². The van der Waals surface area contributed by atoms with Crippen LogP contribution in [0.25, 0.3) is 33.0 Å². The minimum Gasteiger partial charge on any atom is -0.355 e. The topological polar surface area (TPSA) is 12.0 Å². The minimum atomic E-state index is 0.460. The van der Waals surface area contributed by atoms with Crippen molar-refractivity contribution in [3.63, 3.8) is 0 Å². The Morgan fingerprint density at radius 3 is 2.10 bits per heavy atom. The number of hydrogen-bond donors (Lipinski definition) is 1. The standard InChI is InChI=1S/C39H35N/c1-2-6-27(7-3-1)28-10-12-29(13-11-28)34-18-19-37(36-9-5-4-8-35(34)36)40-33-16-14-30(15-17-33)38-22-26-20-31-21-32(24-38)39(31,23-26)25-38/h1-19,26,31-32,40H,20-25H2/t26-,31?,32?,38?,39-/m0/s1. The van der Waals surface area contributed by atoms with Gasteiger partial charge in [0.2, 0.25) is 0 Å². The monoisotopic (exact) mass is 517 g/mol. The molecule has 5 atom stereocenters. The third kappa shape index (κ3) is 3.27. The summed E-state index contributed by atoms with van der Waals surface area (Å²) in [7, 11) is 0. The van der Waals surface area contributed by atoms with Crippen LogP contribution in [0.5, 0.6) is 0 Å². The van der Waals surface area contributed by atoms with Crippen molar-refractivity contribution in [2.75, 3.05) is 5.32 Å². The number of benzene rings is 5. The van der Waals surface area contributed by atoms with E-state index in [-0.39, 0.29) is 0 Å². The molecule has 0 saturated heterocycles. The average molecular weight is 518 g/mol. The Morgan fingerprint density at radius 1 is 0.550 bits per heavy atom. The Balaban J connectivity index is 1.00. The second-order valence-corrected chi connectivity index (χ2v) is 13.4. The molecule has 5 aromatic carbocycles. The van der Waals surface area contributed by atoms with Gasteiger partial charge < -0.3 is 5.32 Å². The van der Waals surface area contributed by atoms with Gasteiger partial charge >= 0.3 is 0 Å². The van der Waals surface area contributed by atoms with Crippen LogP contribution in [-0.2, 0) is 5.41 Å². The summed E-state index contributed by atoms with van der Waals surface area (Å²) in [6, 6.07) is 42.5. The van der Waals surface area contributed by atoms with Gasteiger partial charge in [-0.2, -0.15) is 0 Å². The van der Waals surface area contributed by atoms with Gasteiger partial charge in [0.1, 0.15) is 0 Å². The summed E-state index contributed by atoms with van der Waals surface area (Å²) in [6.07, 6.45) is 8.95. The molecule has 0 aliphatic heterocycles. The fourth-order valence-electron chi connectivity index (χ4n) is 9.89. The van der Waals surface area contributed by atoms with Gasteiger partial charge in [-0.1, -0.05) is 97.1 Å². The molecule has 40 heavy (non-hydrogen) atoms. The van der Waals surface area contributed by atoms with E-state index in [9.17, 15) is 0 Å². The molecule has 5 aromatic rings. The number of rotatable bonds is 5. The zero-order valence-corrected chi connectivity index (χ0v) is 22.9. The first-order valence-corrected chi connectivity index (χ1v) is 15.2. The molecular formula is C39H35N. The highest BCUT2D eigenvalue weighted by Gasteiger charge is 2.70. The molecule has 4 saturated carbocycles. The molecule has 196 valence electrons. The molecule has 1 spiro atoms. The van der Waals surface area contributed by atoms with Gasteiger partial charge in [0.05, 0.1) is 0 Å². The molecule has 4 aliphatic rings. The molecule has 3 unspecified atom stereocenters. The zero-order chi connectivity index (χ0) is 26.3. The molecule has 1 nitrogen and oxygen atoms in total. The number of nitrogens with one attached hydrogen (secondary N) is 1. The third-order valence-corrected chi connectivity index (χ3v) is 11.5. The predicted octanol–water partition coefficient (Wildman–Crippen LogP) is 10.4. The van der Waals surface area contributed by atoms with Crippen LogP contribution in [0.15, 0.2) is 115 Å². The highest BCUT2D eigenvalue weighted by atomic mass is 14.9. The van der Waals surface area contributed by atoms with Crippen LogP contribution in [0.1, 0.15) is 44.1 Å². The Morgan fingerprint density at radius 2 is 1.27 bits per heavy atom. The molecule has 3 bridgehead atoms. The van der Waals surface area contributed by atoms with Crippen molar-refractivity contribution < 1.29 is 0 Å². The van der Waals surface area contributed by atoms with E-state index in [4.69, 9.17) is 0 Å². The van der Waals surface area contributed by atoms with E-state index in [1.807, 2.05) is 0 Å². The maximum absolute atomic E-state index is 3.77. The van der Waals surface area contributed by atoms with Crippen molar-refractivity contribution in [3.8, 4) is 22.3 Å². The summed E-state index contributed by atoms with van der Waals surface area (Å²) in [5.41, 5.74) is 10.2. The number of anilines is 2. The molecule has 4 fully saturated rings. The fraction of sp³-hybridized carbons (Fsp3) is 0.282. The summed E-state index contributed by atoms with van der Waals surface area (Å²) in [6.45, 7) is 0. The molecule has 9 rings (SSSR count). The van der Waals surface area contributed by atoms with Crippen LogP contribution in [-0.4, -0.2) is 0 Å². The van der Waals surface area contributed by atoms with Gasteiger partial charge in [0.25, 0.3) is 0 Å². The smallest absolute Gasteiger partial charge is 0.0464 e. The third-order valence-electron chi connectivity index (χ3n) is 11.5. The highest BCUT2D eigenvalue weighted by Crippen LogP contribution is 2.78. The summed E-state index contributed by atoms with van der Waals surface area (Å²) < 4.78 is 0. The SMILES string of the molecule is c1ccc(-c2ccc(-c3ccc(Nc4ccc(C56CC7CC8C[C@@H](C5)C[C@]87C6)cc4)c4ccccc34)cc2)cc1. The largest absolute Gasteiger partial charge is 0.355 e. The molecule has 0 radical (unpaired) electrons. The Hall–Kier alpha value is -3.84. The number of hydrogen-bond acceptors (Lipinski definition) is 1. The highest BCUT2D eigenvalue weighted by molar-refractivity contribution is 6.04. The maximum Gasteiger partial charge on any atom is 0.0464 e. The minimum absolute atomic E-state index is 0.460. The quantitative estimate of drug-likeness (QED) is 0.244. The van der Waals surface area contributed by atoms with Crippen LogP contribution in [0.4, 0.5) is 11.4 Å². The normalized spacial score (nSPS) is 29.4. The lowest BCUT2D eigenvalue weighted by molar-refractivity contribution is -0.000160. The van der Waals surface area contributed by atoms with E-state index >= 15 is 0 Å². The Labute approximate surface area is 237 Å². The first-order chi connectivity index (χ1) is 19.7. The van der Waals surface area contributed by atoms with Crippen LogP contribution >= 0.6 is 0 Å². The first kappa shape index (κ1) is 22.9. The van der Waals surface area contributed by atoms with E-state index in [0.717, 1.165) is 23.2 Å². The molecular weight excluding hydrogens is 482 g/mol. The second kappa shape index (κ2) is 8.33. The van der Waals surface area contributed by atoms with Gasteiger partial charge in [0.15, 0.2) is 0 Å². The van der Waals surface area contributed by atoms with E-state index < -0.39 is 0 Å². The molecule has 4 aliphatic carbocycles. The van der Waals surface area contributed by atoms with Crippen molar-refractivity contribution in [2.24, 2.45) is 23.2 Å². The second-order valence-electron chi connectivity index (χ2n) is 13.4. The lowest BCUT2D eigenvalue weighted by Crippen LogP contribution is -2.42. The average Bonchev–Trinajstić information content (AvgIpc) is 3.33. The van der Waals surface area contributed by atoms with Gasteiger partial charge in [-0.25, -0.2) is 0 Å². The van der Waals surface area contributed by atoms with Crippen molar-refractivity contribution >= 4 is 22.1 Å². The lowest BCUT2D eigenvalue weighted by Gasteiger charge is -2.49. The van der Waals surface area contributed by atoms with Crippen LogP contribution in [0.2, 0.25) is 0 Å². The van der Waals surface area contributed by atoms with Crippen molar-refractivity contribution in [3.05, 3.63) is 121 Å². The van der Waals surface area contributed by atoms with Crippen LogP contribution in [0.3, 0.4) is 0 Å². The van der Waals surface area contributed by atoms with Crippen LogP contribution < -0.4 is 5.32 Å². The van der Waals surface area contributed by atoms with Gasteiger partial charge in [-0.15, -0.1) is 0 Å². The summed E-state index contributed by atoms with van der Waals surface area (Å²) in [4.78, 5) is 0. The first-order valence-electron chi connectivity index (χ1n) is 15.2. The molecule has 1 heteroatoms. The zero-order valence-electron chi connectivity index (χ0n) is 22.9. The fourth-order valence-corrected chi connectivity index (χ4v) is 9.89. The van der Waals surface area contributed by atoms with Crippen molar-refractivity contribution in [1.82, 2.24) is 0 Å². The van der Waals surface area contributed by atoms with E-state index in [0.29, 0.717) is 5.41 Å². The molecule has 0 heterocycles. The van der Waals surface area contributed by atoms with Crippen molar-refractivity contribution in [2.45, 2.75) is 43.9 Å².